The number of rotatable bonds is 4. The Labute approximate surface area is 160 Å². The summed E-state index contributed by atoms with van der Waals surface area (Å²) in [6.07, 6.45) is 5.75. The fourth-order valence-electron chi connectivity index (χ4n) is 3.89. The Bertz CT molecular complexity index is 873. The van der Waals surface area contributed by atoms with Gasteiger partial charge in [0.15, 0.2) is 0 Å². The highest BCUT2D eigenvalue weighted by atomic mass is 16.5. The van der Waals surface area contributed by atoms with Gasteiger partial charge in [0.05, 0.1) is 18.4 Å². The maximum Gasteiger partial charge on any atom is 0.324 e. The number of nitrogens with zero attached hydrogens (tertiary/aromatic N) is 2. The standard InChI is InChI=1S/C21H26N4O2/c1-14-15(2)25(16-9-5-4-6-10-16)20(17(14)13-22)24-21(26)23-18-11-7-8-12-19(18)27-3/h7-8,11-12,16H,4-6,9-10H2,1-3H3,(H2,23,24,26). The molecule has 0 atom stereocenters. The molecule has 1 aliphatic rings. The normalized spacial score (nSPS) is 14.4. The van der Waals surface area contributed by atoms with E-state index in [0.717, 1.165) is 24.1 Å². The molecule has 0 bridgehead atoms. The van der Waals surface area contributed by atoms with Crippen LogP contribution in [0.3, 0.4) is 0 Å². The summed E-state index contributed by atoms with van der Waals surface area (Å²) in [6, 6.07) is 9.44. The maximum absolute atomic E-state index is 12.7. The van der Waals surface area contributed by atoms with Gasteiger partial charge in [0.1, 0.15) is 17.6 Å². The van der Waals surface area contributed by atoms with Crippen LogP contribution in [0, 0.1) is 25.2 Å². The number of amides is 2. The zero-order chi connectivity index (χ0) is 19.4. The van der Waals surface area contributed by atoms with Crippen LogP contribution >= 0.6 is 0 Å². The summed E-state index contributed by atoms with van der Waals surface area (Å²) in [4.78, 5) is 12.7. The van der Waals surface area contributed by atoms with E-state index in [-0.39, 0.29) is 6.03 Å². The molecule has 1 fully saturated rings. The minimum absolute atomic E-state index is 0.320. The van der Waals surface area contributed by atoms with E-state index in [1.807, 2.05) is 26.0 Å². The van der Waals surface area contributed by atoms with E-state index in [0.29, 0.717) is 28.9 Å². The zero-order valence-corrected chi connectivity index (χ0v) is 16.1. The van der Waals surface area contributed by atoms with Gasteiger partial charge in [0.25, 0.3) is 0 Å². The van der Waals surface area contributed by atoms with E-state index in [4.69, 9.17) is 4.74 Å². The van der Waals surface area contributed by atoms with Crippen LogP contribution < -0.4 is 15.4 Å². The van der Waals surface area contributed by atoms with Crippen LogP contribution in [-0.2, 0) is 0 Å². The molecule has 142 valence electrons. The van der Waals surface area contributed by atoms with Crippen LogP contribution in [0.4, 0.5) is 16.3 Å². The van der Waals surface area contributed by atoms with Gasteiger partial charge in [-0.3, -0.25) is 5.32 Å². The number of carbonyl (C=O) groups excluding carboxylic acids is 1. The van der Waals surface area contributed by atoms with Gasteiger partial charge in [-0.2, -0.15) is 5.26 Å². The first-order valence-electron chi connectivity index (χ1n) is 9.39. The first-order valence-corrected chi connectivity index (χ1v) is 9.39. The molecule has 1 aliphatic carbocycles. The number of nitriles is 1. The fraction of sp³-hybridized carbons (Fsp3) is 0.429. The fourth-order valence-corrected chi connectivity index (χ4v) is 3.89. The van der Waals surface area contributed by atoms with Gasteiger partial charge >= 0.3 is 6.03 Å². The Morgan fingerprint density at radius 2 is 1.89 bits per heavy atom. The minimum Gasteiger partial charge on any atom is -0.495 e. The lowest BCUT2D eigenvalue weighted by atomic mass is 9.95. The predicted molar refractivity (Wildman–Crippen MR) is 106 cm³/mol. The van der Waals surface area contributed by atoms with Gasteiger partial charge in [-0.15, -0.1) is 0 Å². The van der Waals surface area contributed by atoms with E-state index in [1.54, 1.807) is 19.2 Å². The Morgan fingerprint density at radius 3 is 2.56 bits per heavy atom. The highest BCUT2D eigenvalue weighted by Crippen LogP contribution is 2.37. The molecule has 0 unspecified atom stereocenters. The molecular formula is C21H26N4O2. The molecule has 0 radical (unpaired) electrons. The first kappa shape index (κ1) is 18.8. The lowest BCUT2D eigenvalue weighted by molar-refractivity contribution is 0.261. The third-order valence-corrected chi connectivity index (χ3v) is 5.40. The Kier molecular flexibility index (Phi) is 5.70. The van der Waals surface area contributed by atoms with Gasteiger partial charge in [0, 0.05) is 11.7 Å². The highest BCUT2D eigenvalue weighted by Gasteiger charge is 2.26. The molecule has 2 aromatic rings. The van der Waals surface area contributed by atoms with E-state index in [2.05, 4.69) is 21.3 Å². The van der Waals surface area contributed by atoms with Gasteiger partial charge in [-0.1, -0.05) is 31.4 Å². The summed E-state index contributed by atoms with van der Waals surface area (Å²) >= 11 is 0. The third kappa shape index (κ3) is 3.77. The SMILES string of the molecule is COc1ccccc1NC(=O)Nc1c(C#N)c(C)c(C)n1C1CCCCC1. The number of methoxy groups -OCH3 is 1. The number of hydrogen-bond donors (Lipinski definition) is 2. The van der Waals surface area contributed by atoms with Gasteiger partial charge in [-0.25, -0.2) is 4.79 Å². The first-order chi connectivity index (χ1) is 13.1. The second-order valence-corrected chi connectivity index (χ2v) is 6.99. The van der Waals surface area contributed by atoms with Crippen molar-refractivity contribution < 1.29 is 9.53 Å². The van der Waals surface area contributed by atoms with E-state index in [1.165, 1.54) is 19.3 Å². The molecule has 27 heavy (non-hydrogen) atoms. The van der Waals surface area contributed by atoms with Crippen molar-refractivity contribution in [2.45, 2.75) is 52.0 Å². The topological polar surface area (TPSA) is 79.1 Å². The van der Waals surface area contributed by atoms with Crippen molar-refractivity contribution >= 4 is 17.5 Å². The summed E-state index contributed by atoms with van der Waals surface area (Å²) in [7, 11) is 1.56. The average molecular weight is 366 g/mol. The Morgan fingerprint density at radius 1 is 1.19 bits per heavy atom. The zero-order valence-electron chi connectivity index (χ0n) is 16.1. The number of para-hydroxylation sites is 2. The molecule has 2 N–H and O–H groups in total. The highest BCUT2D eigenvalue weighted by molar-refractivity contribution is 6.01. The summed E-state index contributed by atoms with van der Waals surface area (Å²) in [6.45, 7) is 3.96. The number of aromatic nitrogens is 1. The number of ether oxygens (including phenoxy) is 1. The molecule has 6 nitrogen and oxygen atoms in total. The largest absolute Gasteiger partial charge is 0.495 e. The van der Waals surface area contributed by atoms with Crippen molar-refractivity contribution in [3.63, 3.8) is 0 Å². The number of carbonyl (C=O) groups is 1. The number of anilines is 2. The molecular weight excluding hydrogens is 340 g/mol. The number of nitrogens with one attached hydrogen (secondary N) is 2. The average Bonchev–Trinajstić information content (AvgIpc) is 2.92. The smallest absolute Gasteiger partial charge is 0.324 e. The van der Waals surface area contributed by atoms with Crippen LogP contribution in [-0.4, -0.2) is 17.7 Å². The molecule has 2 amide bonds. The molecule has 0 saturated heterocycles. The molecule has 1 saturated carbocycles. The Balaban J connectivity index is 1.90. The van der Waals surface area contributed by atoms with Gasteiger partial charge in [0.2, 0.25) is 0 Å². The summed E-state index contributed by atoms with van der Waals surface area (Å²) in [5, 5.41) is 15.4. The second-order valence-electron chi connectivity index (χ2n) is 6.99. The van der Waals surface area contributed by atoms with Crippen LogP contribution in [0.2, 0.25) is 0 Å². The van der Waals surface area contributed by atoms with Crippen LogP contribution in [0.1, 0.15) is 55.0 Å². The Hall–Kier alpha value is -2.94. The second kappa shape index (κ2) is 8.17. The maximum atomic E-state index is 12.7. The van der Waals surface area contributed by atoms with Crippen molar-refractivity contribution in [1.29, 1.82) is 5.26 Å². The molecule has 0 spiro atoms. The van der Waals surface area contributed by atoms with Crippen molar-refractivity contribution in [1.82, 2.24) is 4.57 Å². The molecule has 3 rings (SSSR count). The van der Waals surface area contributed by atoms with Crippen LogP contribution in [0.5, 0.6) is 5.75 Å². The number of urea groups is 1. The molecule has 0 aliphatic heterocycles. The van der Waals surface area contributed by atoms with E-state index in [9.17, 15) is 10.1 Å². The summed E-state index contributed by atoms with van der Waals surface area (Å²) < 4.78 is 7.43. The molecule has 1 aromatic carbocycles. The lowest BCUT2D eigenvalue weighted by Crippen LogP contribution is -2.24. The van der Waals surface area contributed by atoms with Gasteiger partial charge < -0.3 is 14.6 Å². The molecule has 1 aromatic heterocycles. The number of benzene rings is 1. The number of hydrogen-bond acceptors (Lipinski definition) is 3. The quantitative estimate of drug-likeness (QED) is 0.787. The van der Waals surface area contributed by atoms with Crippen molar-refractivity contribution in [2.75, 3.05) is 17.7 Å². The monoisotopic (exact) mass is 366 g/mol. The van der Waals surface area contributed by atoms with E-state index >= 15 is 0 Å². The molecule has 1 heterocycles. The van der Waals surface area contributed by atoms with Gasteiger partial charge in [-0.05, 0) is 44.4 Å². The minimum atomic E-state index is -0.384. The predicted octanol–water partition coefficient (Wildman–Crippen LogP) is 5.13. The summed E-state index contributed by atoms with van der Waals surface area (Å²) in [5.41, 5.74) is 3.09. The van der Waals surface area contributed by atoms with Crippen LogP contribution in [0.15, 0.2) is 24.3 Å². The van der Waals surface area contributed by atoms with Crippen molar-refractivity contribution in [3.05, 3.63) is 41.1 Å². The van der Waals surface area contributed by atoms with Crippen molar-refractivity contribution in [3.8, 4) is 11.8 Å². The summed E-state index contributed by atoms with van der Waals surface area (Å²) in [5.74, 6) is 1.18. The van der Waals surface area contributed by atoms with E-state index < -0.39 is 0 Å². The third-order valence-electron chi connectivity index (χ3n) is 5.40. The van der Waals surface area contributed by atoms with Crippen molar-refractivity contribution in [2.24, 2.45) is 0 Å². The van der Waals surface area contributed by atoms with Crippen LogP contribution in [0.25, 0.3) is 0 Å². The molecule has 6 heteroatoms. The lowest BCUT2D eigenvalue weighted by Gasteiger charge is -2.27.